The molecule has 1 aliphatic heterocycles. The molecule has 31 heavy (non-hydrogen) atoms. The number of aliphatic imine (C=N–C) groups is 1. The molecule has 0 atom stereocenters. The maximum Gasteiger partial charge on any atom is 0.241 e. The summed E-state index contributed by atoms with van der Waals surface area (Å²) in [4.78, 5) is 18.8. The number of benzene rings is 1. The molecule has 2 heterocycles. The molecule has 0 unspecified atom stereocenters. The summed E-state index contributed by atoms with van der Waals surface area (Å²) >= 11 is 0. The zero-order chi connectivity index (χ0) is 22.1. The number of aryl methyl sites for hydroxylation is 3. The van der Waals surface area contributed by atoms with E-state index in [1.54, 1.807) is 7.05 Å². The minimum atomic E-state index is 0.142. The van der Waals surface area contributed by atoms with Gasteiger partial charge in [0.05, 0.1) is 12.2 Å². The number of nitrogens with zero attached hydrogens (tertiary/aromatic N) is 4. The van der Waals surface area contributed by atoms with Crippen molar-refractivity contribution >= 4 is 11.9 Å². The van der Waals surface area contributed by atoms with Crippen LogP contribution < -0.4 is 10.6 Å². The molecule has 0 aliphatic carbocycles. The Bertz CT molecular complexity index is 852. The molecule has 3 rings (SSSR count). The topological polar surface area (TPSA) is 74.5 Å². The van der Waals surface area contributed by atoms with E-state index in [1.807, 2.05) is 16.5 Å². The molecule has 1 aromatic heterocycles. The molecule has 1 aliphatic rings. The SMILES string of the molecule is CN=C(NCCCn1nc(C)cc1C)NCC(=O)N1CCC(Cc2ccccc2)CC1. The number of nitrogens with one attached hydrogen (secondary N) is 2. The van der Waals surface area contributed by atoms with E-state index in [-0.39, 0.29) is 12.5 Å². The van der Waals surface area contributed by atoms with Gasteiger partial charge in [-0.3, -0.25) is 14.5 Å². The lowest BCUT2D eigenvalue weighted by Crippen LogP contribution is -2.47. The third-order valence-electron chi connectivity index (χ3n) is 5.91. The molecule has 0 saturated carbocycles. The third kappa shape index (κ3) is 7.12. The normalized spacial score (nSPS) is 15.2. The lowest BCUT2D eigenvalue weighted by atomic mass is 9.90. The van der Waals surface area contributed by atoms with Crippen molar-refractivity contribution in [3.8, 4) is 0 Å². The van der Waals surface area contributed by atoms with Crippen LogP contribution in [-0.4, -0.2) is 59.8 Å². The molecule has 2 N–H and O–H groups in total. The van der Waals surface area contributed by atoms with Crippen molar-refractivity contribution in [3.05, 3.63) is 53.3 Å². The number of carbonyl (C=O) groups excluding carboxylic acids is 1. The van der Waals surface area contributed by atoms with Gasteiger partial charge in [-0.1, -0.05) is 30.3 Å². The van der Waals surface area contributed by atoms with Gasteiger partial charge in [0, 0.05) is 38.9 Å². The molecular formula is C24H36N6O. The molecule has 2 aromatic rings. The molecule has 0 spiro atoms. The first-order chi connectivity index (χ1) is 15.0. The summed E-state index contributed by atoms with van der Waals surface area (Å²) in [5.74, 6) is 1.47. The fourth-order valence-corrected chi connectivity index (χ4v) is 4.16. The maximum atomic E-state index is 12.6. The van der Waals surface area contributed by atoms with Gasteiger partial charge in [0.1, 0.15) is 0 Å². The number of hydrogen-bond acceptors (Lipinski definition) is 3. The Balaban J connectivity index is 1.32. The first kappa shape index (κ1) is 22.8. The van der Waals surface area contributed by atoms with Crippen molar-refractivity contribution in [1.82, 2.24) is 25.3 Å². The minimum Gasteiger partial charge on any atom is -0.356 e. The van der Waals surface area contributed by atoms with Crippen molar-refractivity contribution in [1.29, 1.82) is 0 Å². The van der Waals surface area contributed by atoms with Crippen LogP contribution in [0.3, 0.4) is 0 Å². The van der Waals surface area contributed by atoms with Gasteiger partial charge in [0.2, 0.25) is 5.91 Å². The van der Waals surface area contributed by atoms with Gasteiger partial charge in [-0.15, -0.1) is 0 Å². The van der Waals surface area contributed by atoms with Gasteiger partial charge < -0.3 is 15.5 Å². The average molecular weight is 425 g/mol. The largest absolute Gasteiger partial charge is 0.356 e. The summed E-state index contributed by atoms with van der Waals surface area (Å²) in [6.07, 6.45) is 4.18. The van der Waals surface area contributed by atoms with Gasteiger partial charge in [-0.25, -0.2) is 0 Å². The minimum absolute atomic E-state index is 0.142. The van der Waals surface area contributed by atoms with Crippen LogP contribution in [-0.2, 0) is 17.8 Å². The molecular weight excluding hydrogens is 388 g/mol. The van der Waals surface area contributed by atoms with Crippen LogP contribution in [0.5, 0.6) is 0 Å². The van der Waals surface area contributed by atoms with Crippen molar-refractivity contribution < 1.29 is 4.79 Å². The fraction of sp³-hybridized carbons (Fsp3) is 0.542. The van der Waals surface area contributed by atoms with Gasteiger partial charge in [-0.2, -0.15) is 5.10 Å². The van der Waals surface area contributed by atoms with Crippen molar-refractivity contribution in [2.75, 3.05) is 33.2 Å². The second kappa shape index (κ2) is 11.5. The Morgan fingerprint density at radius 1 is 1.16 bits per heavy atom. The van der Waals surface area contributed by atoms with Crippen LogP contribution in [0, 0.1) is 19.8 Å². The van der Waals surface area contributed by atoms with E-state index in [9.17, 15) is 4.79 Å². The maximum absolute atomic E-state index is 12.6. The molecule has 1 fully saturated rings. The molecule has 1 amide bonds. The van der Waals surface area contributed by atoms with E-state index in [0.717, 1.165) is 57.6 Å². The Hall–Kier alpha value is -2.83. The van der Waals surface area contributed by atoms with Crippen molar-refractivity contribution in [2.45, 2.75) is 46.1 Å². The molecule has 0 radical (unpaired) electrons. The summed E-state index contributed by atoms with van der Waals surface area (Å²) in [5.41, 5.74) is 3.62. The number of amides is 1. The van der Waals surface area contributed by atoms with Crippen LogP contribution in [0.2, 0.25) is 0 Å². The molecule has 7 nitrogen and oxygen atoms in total. The first-order valence-electron chi connectivity index (χ1n) is 11.3. The zero-order valence-corrected chi connectivity index (χ0v) is 19.1. The van der Waals surface area contributed by atoms with Crippen LogP contribution >= 0.6 is 0 Å². The number of piperidine rings is 1. The monoisotopic (exact) mass is 424 g/mol. The average Bonchev–Trinajstić information content (AvgIpc) is 3.11. The van der Waals surface area contributed by atoms with Gasteiger partial charge in [0.25, 0.3) is 0 Å². The van der Waals surface area contributed by atoms with Gasteiger partial charge in [-0.05, 0) is 57.1 Å². The van der Waals surface area contributed by atoms with E-state index in [0.29, 0.717) is 11.9 Å². The molecule has 7 heteroatoms. The van der Waals surface area contributed by atoms with Crippen molar-refractivity contribution in [2.24, 2.45) is 10.9 Å². The number of guanidine groups is 1. The second-order valence-electron chi connectivity index (χ2n) is 8.37. The number of rotatable bonds is 8. The van der Waals surface area contributed by atoms with Crippen molar-refractivity contribution in [3.63, 3.8) is 0 Å². The van der Waals surface area contributed by atoms with E-state index in [2.05, 4.69) is 64.0 Å². The highest BCUT2D eigenvalue weighted by Crippen LogP contribution is 2.21. The zero-order valence-electron chi connectivity index (χ0n) is 19.1. The van der Waals surface area contributed by atoms with Crippen LogP contribution in [0.15, 0.2) is 41.4 Å². The summed E-state index contributed by atoms with van der Waals surface area (Å²) in [5, 5.41) is 10.9. The Morgan fingerprint density at radius 2 is 1.90 bits per heavy atom. The Labute approximate surface area is 185 Å². The fourth-order valence-electron chi connectivity index (χ4n) is 4.16. The highest BCUT2D eigenvalue weighted by molar-refractivity contribution is 5.86. The number of likely N-dealkylation sites (tertiary alicyclic amines) is 1. The number of carbonyl (C=O) groups is 1. The molecule has 0 bridgehead atoms. The molecule has 168 valence electrons. The predicted octanol–water partition coefficient (Wildman–Crippen LogP) is 2.54. The highest BCUT2D eigenvalue weighted by atomic mass is 16.2. The predicted molar refractivity (Wildman–Crippen MR) is 125 cm³/mol. The molecule has 1 saturated heterocycles. The lowest BCUT2D eigenvalue weighted by molar-refractivity contribution is -0.131. The smallest absolute Gasteiger partial charge is 0.241 e. The van der Waals surface area contributed by atoms with Crippen LogP contribution in [0.1, 0.15) is 36.2 Å². The Kier molecular flexibility index (Phi) is 8.50. The van der Waals surface area contributed by atoms with E-state index in [1.165, 1.54) is 11.3 Å². The highest BCUT2D eigenvalue weighted by Gasteiger charge is 2.22. The summed E-state index contributed by atoms with van der Waals surface area (Å²) < 4.78 is 2.03. The third-order valence-corrected chi connectivity index (χ3v) is 5.91. The number of aromatic nitrogens is 2. The van der Waals surface area contributed by atoms with E-state index >= 15 is 0 Å². The van der Waals surface area contributed by atoms with Crippen LogP contribution in [0.25, 0.3) is 0 Å². The van der Waals surface area contributed by atoms with E-state index in [4.69, 9.17) is 0 Å². The lowest BCUT2D eigenvalue weighted by Gasteiger charge is -2.32. The quantitative estimate of drug-likeness (QED) is 0.388. The summed E-state index contributed by atoms with van der Waals surface area (Å²) in [6, 6.07) is 12.7. The summed E-state index contributed by atoms with van der Waals surface area (Å²) in [6.45, 7) is 7.68. The van der Waals surface area contributed by atoms with Crippen LogP contribution in [0.4, 0.5) is 0 Å². The summed E-state index contributed by atoms with van der Waals surface area (Å²) in [7, 11) is 1.73. The van der Waals surface area contributed by atoms with Gasteiger partial charge in [0.15, 0.2) is 5.96 Å². The van der Waals surface area contributed by atoms with E-state index < -0.39 is 0 Å². The Morgan fingerprint density at radius 3 is 2.55 bits per heavy atom. The van der Waals surface area contributed by atoms with Gasteiger partial charge >= 0.3 is 0 Å². The number of hydrogen-bond donors (Lipinski definition) is 2. The standard InChI is InChI=1S/C24H36N6O/c1-19-16-20(2)30(28-19)13-7-12-26-24(25-3)27-18-23(31)29-14-10-22(11-15-29)17-21-8-5-4-6-9-21/h4-6,8-9,16,22H,7,10-15,17-18H2,1-3H3,(H2,25,26,27). The molecule has 1 aromatic carbocycles. The first-order valence-corrected chi connectivity index (χ1v) is 11.3. The second-order valence-corrected chi connectivity index (χ2v) is 8.37.